The first-order chi connectivity index (χ1) is 12.6. The number of hydrogen-bond acceptors (Lipinski definition) is 5. The van der Waals surface area contributed by atoms with E-state index in [2.05, 4.69) is 0 Å². The molecule has 4 fully saturated rings. The van der Waals surface area contributed by atoms with Gasteiger partial charge in [-0.2, -0.15) is 0 Å². The molecule has 0 amide bonds. The lowest BCUT2D eigenvalue weighted by Gasteiger charge is -2.52. The van der Waals surface area contributed by atoms with Gasteiger partial charge < -0.3 is 19.4 Å². The minimum Gasteiger partial charge on any atom is -0.454 e. The molecule has 0 spiro atoms. The van der Waals surface area contributed by atoms with Crippen LogP contribution in [0.3, 0.4) is 0 Å². The third-order valence-electron chi connectivity index (χ3n) is 7.03. The molecular weight excluding hydrogens is 350 g/mol. The van der Waals surface area contributed by atoms with Crippen LogP contribution in [-0.4, -0.2) is 59.6 Å². The summed E-state index contributed by atoms with van der Waals surface area (Å²) in [5.74, 6) is -0.100. The van der Waals surface area contributed by atoms with Crippen LogP contribution in [0.15, 0.2) is 17.5 Å². The van der Waals surface area contributed by atoms with Crippen LogP contribution < -0.4 is 0 Å². The zero-order valence-corrected chi connectivity index (χ0v) is 16.1. The molecule has 4 aliphatic rings. The number of hydrogen-bond donors (Lipinski definition) is 2. The summed E-state index contributed by atoms with van der Waals surface area (Å²) in [6.07, 6.45) is 5.83. The molecule has 5 nitrogen and oxygen atoms in total. The number of piperidine rings is 3. The van der Waals surface area contributed by atoms with Gasteiger partial charge in [0.05, 0.1) is 19.7 Å². The fourth-order valence-corrected chi connectivity index (χ4v) is 6.31. The van der Waals surface area contributed by atoms with Crippen LogP contribution in [0, 0.1) is 11.8 Å². The van der Waals surface area contributed by atoms with E-state index in [-0.39, 0.29) is 18.6 Å². The number of esters is 1. The molecule has 1 aliphatic carbocycles. The summed E-state index contributed by atoms with van der Waals surface area (Å²) in [4.78, 5) is 14.0. The van der Waals surface area contributed by atoms with Crippen molar-refractivity contribution in [2.24, 2.45) is 11.8 Å². The van der Waals surface area contributed by atoms with Gasteiger partial charge in [0, 0.05) is 29.6 Å². The highest BCUT2D eigenvalue weighted by atomic mass is 32.1. The van der Waals surface area contributed by atoms with E-state index >= 15 is 0 Å². The number of quaternary nitrogens is 1. The van der Waals surface area contributed by atoms with Crippen molar-refractivity contribution in [1.82, 2.24) is 0 Å². The Morgan fingerprint density at radius 3 is 2.62 bits per heavy atom. The van der Waals surface area contributed by atoms with Crippen LogP contribution >= 0.6 is 11.3 Å². The highest BCUT2D eigenvalue weighted by Gasteiger charge is 2.52. The molecule has 1 aromatic rings. The van der Waals surface area contributed by atoms with Gasteiger partial charge in [-0.15, -0.1) is 11.3 Å². The van der Waals surface area contributed by atoms with Crippen LogP contribution in [0.4, 0.5) is 0 Å². The van der Waals surface area contributed by atoms with Gasteiger partial charge in [-0.3, -0.25) is 0 Å². The van der Waals surface area contributed by atoms with Crippen LogP contribution in [0.2, 0.25) is 0 Å². The lowest BCUT2D eigenvalue weighted by molar-refractivity contribution is -0.946. The third kappa shape index (κ3) is 3.11. The zero-order chi connectivity index (χ0) is 18.2. The van der Waals surface area contributed by atoms with E-state index in [4.69, 9.17) is 4.74 Å². The van der Waals surface area contributed by atoms with Crippen molar-refractivity contribution in [2.75, 3.05) is 32.8 Å². The quantitative estimate of drug-likeness (QED) is 0.587. The summed E-state index contributed by atoms with van der Waals surface area (Å²) in [7, 11) is 0. The fraction of sp³-hybridized carbons (Fsp3) is 0.750. The third-order valence-corrected chi connectivity index (χ3v) is 8.02. The fourth-order valence-electron chi connectivity index (χ4n) is 5.42. The number of thiophene rings is 1. The summed E-state index contributed by atoms with van der Waals surface area (Å²) in [5, 5.41) is 22.8. The summed E-state index contributed by atoms with van der Waals surface area (Å²) >= 11 is 1.44. The normalized spacial score (nSPS) is 33.9. The predicted octanol–water partition coefficient (Wildman–Crippen LogP) is 2.27. The largest absolute Gasteiger partial charge is 0.454 e. The van der Waals surface area contributed by atoms with Crippen LogP contribution in [-0.2, 0) is 15.1 Å². The van der Waals surface area contributed by atoms with Gasteiger partial charge >= 0.3 is 5.97 Å². The molecule has 0 aromatic carbocycles. The highest BCUT2D eigenvalue weighted by molar-refractivity contribution is 7.10. The number of nitrogens with zero attached hydrogens (tertiary/aromatic N) is 1. The molecule has 1 aromatic heterocycles. The lowest BCUT2D eigenvalue weighted by atomic mass is 9.82. The van der Waals surface area contributed by atoms with E-state index in [1.54, 1.807) is 0 Å². The van der Waals surface area contributed by atoms with Crippen molar-refractivity contribution in [3.05, 3.63) is 22.4 Å². The minimum absolute atomic E-state index is 0.0460. The second-order valence-electron chi connectivity index (χ2n) is 8.42. The molecule has 4 heterocycles. The SMILES string of the molecule is O=C(O[C@H]1C[N+]2(CCO)CCC1CC2)[C@](O)(c1cccs1)C1CCCC1. The van der Waals surface area contributed by atoms with E-state index in [9.17, 15) is 15.0 Å². The second kappa shape index (κ2) is 7.23. The Bertz CT molecular complexity index is 614. The van der Waals surface area contributed by atoms with E-state index < -0.39 is 11.6 Å². The van der Waals surface area contributed by atoms with Crippen molar-refractivity contribution in [3.8, 4) is 0 Å². The summed E-state index contributed by atoms with van der Waals surface area (Å²) < 4.78 is 6.87. The first kappa shape index (κ1) is 18.4. The number of fused-ring (bicyclic) bond motifs is 3. The van der Waals surface area contributed by atoms with Crippen molar-refractivity contribution >= 4 is 17.3 Å². The maximum atomic E-state index is 13.2. The average molecular weight is 381 g/mol. The molecule has 3 saturated heterocycles. The Balaban J connectivity index is 1.54. The van der Waals surface area contributed by atoms with Gasteiger partial charge in [-0.05, 0) is 24.3 Å². The molecular formula is C20H30NO4S+. The topological polar surface area (TPSA) is 66.8 Å². The molecule has 6 heteroatoms. The van der Waals surface area contributed by atoms with Gasteiger partial charge in [0.1, 0.15) is 13.1 Å². The van der Waals surface area contributed by atoms with E-state index in [0.29, 0.717) is 5.92 Å². The van der Waals surface area contributed by atoms with Crippen LogP contribution in [0.5, 0.6) is 0 Å². The Morgan fingerprint density at radius 1 is 1.27 bits per heavy atom. The average Bonchev–Trinajstić information content (AvgIpc) is 3.36. The molecule has 0 radical (unpaired) electrons. The Labute approximate surface area is 159 Å². The minimum atomic E-state index is -1.50. The molecule has 5 rings (SSSR count). The summed E-state index contributed by atoms with van der Waals surface area (Å²) in [5.41, 5.74) is -1.50. The summed E-state index contributed by atoms with van der Waals surface area (Å²) in [6, 6.07) is 3.75. The van der Waals surface area contributed by atoms with E-state index in [1.165, 1.54) is 11.3 Å². The molecule has 144 valence electrons. The van der Waals surface area contributed by atoms with E-state index in [0.717, 1.165) is 74.1 Å². The van der Waals surface area contributed by atoms with Gasteiger partial charge in [0.25, 0.3) is 0 Å². The summed E-state index contributed by atoms with van der Waals surface area (Å²) in [6.45, 7) is 3.82. The van der Waals surface area contributed by atoms with Crippen molar-refractivity contribution in [3.63, 3.8) is 0 Å². The molecule has 2 bridgehead atoms. The Morgan fingerprint density at radius 2 is 2.00 bits per heavy atom. The van der Waals surface area contributed by atoms with E-state index in [1.807, 2.05) is 17.5 Å². The van der Waals surface area contributed by atoms with Gasteiger partial charge in [0.2, 0.25) is 0 Å². The number of aliphatic hydroxyl groups excluding tert-OH is 1. The van der Waals surface area contributed by atoms with Crippen molar-refractivity contribution in [2.45, 2.75) is 50.2 Å². The Kier molecular flexibility index (Phi) is 5.12. The number of carbonyl (C=O) groups is 1. The zero-order valence-electron chi connectivity index (χ0n) is 15.3. The maximum Gasteiger partial charge on any atom is 0.344 e. The smallest absolute Gasteiger partial charge is 0.344 e. The van der Waals surface area contributed by atoms with Gasteiger partial charge in [0.15, 0.2) is 11.7 Å². The molecule has 26 heavy (non-hydrogen) atoms. The van der Waals surface area contributed by atoms with Crippen molar-refractivity contribution in [1.29, 1.82) is 0 Å². The van der Waals surface area contributed by atoms with Gasteiger partial charge in [-0.1, -0.05) is 18.9 Å². The molecule has 1 saturated carbocycles. The lowest BCUT2D eigenvalue weighted by Crippen LogP contribution is -2.65. The number of aliphatic hydroxyl groups is 2. The van der Waals surface area contributed by atoms with Gasteiger partial charge in [-0.25, -0.2) is 4.79 Å². The predicted molar refractivity (Wildman–Crippen MR) is 99.6 cm³/mol. The maximum absolute atomic E-state index is 13.2. The number of carbonyl (C=O) groups excluding carboxylic acids is 1. The second-order valence-corrected chi connectivity index (χ2v) is 9.37. The highest BCUT2D eigenvalue weighted by Crippen LogP contribution is 2.44. The van der Waals surface area contributed by atoms with Crippen molar-refractivity contribution < 1.29 is 24.2 Å². The first-order valence-electron chi connectivity index (χ1n) is 10.0. The first-order valence-corrected chi connectivity index (χ1v) is 10.9. The Hall–Kier alpha value is -0.950. The molecule has 3 aliphatic heterocycles. The monoisotopic (exact) mass is 380 g/mol. The number of rotatable bonds is 6. The molecule has 2 N–H and O–H groups in total. The molecule has 2 atom stereocenters. The molecule has 0 unspecified atom stereocenters. The number of ether oxygens (including phenoxy) is 1. The standard InChI is InChI=1S/C20H30NO4S/c22-12-11-21-9-7-15(8-10-21)17(14-21)25-19(23)20(24,16-4-1-2-5-16)18-6-3-13-26-18/h3,6,13,15-17,22,24H,1-2,4-5,7-12,14H2/q+1/t15?,17-,20+,21?/m0/s1. The van der Waals surface area contributed by atoms with Crippen LogP contribution in [0.1, 0.15) is 43.4 Å². The van der Waals surface area contributed by atoms with Crippen LogP contribution in [0.25, 0.3) is 0 Å².